The fourth-order valence-corrected chi connectivity index (χ4v) is 15.7. The van der Waals surface area contributed by atoms with Gasteiger partial charge in [0, 0.05) is 100 Å². The summed E-state index contributed by atoms with van der Waals surface area (Å²) in [6, 6.07) is 82.7. The number of aromatic nitrogens is 16. The van der Waals surface area contributed by atoms with E-state index in [9.17, 15) is 0 Å². The molecule has 12 aromatic carbocycles. The molecule has 4 aliphatic rings. The van der Waals surface area contributed by atoms with E-state index in [4.69, 9.17) is 98.2 Å². The van der Waals surface area contributed by atoms with Gasteiger partial charge in [0.15, 0.2) is 81.1 Å². The second-order valence-electron chi connectivity index (χ2n) is 29.5. The number of hydrogen-bond acceptors (Lipinski definition) is 20. The molecule has 24 nitrogen and oxygen atoms in total. The Morgan fingerprint density at radius 1 is 0.262 bits per heavy atom. The first-order valence-electron chi connectivity index (χ1n) is 39.5. The number of H-pyrrole nitrogens is 4. The van der Waals surface area contributed by atoms with Crippen LogP contribution in [0.25, 0.3) is 179 Å². The molecule has 4 N–H and O–H groups in total. The van der Waals surface area contributed by atoms with E-state index in [-0.39, 0.29) is 13.2 Å². The van der Waals surface area contributed by atoms with Crippen LogP contribution in [0.4, 0.5) is 11.4 Å². The summed E-state index contributed by atoms with van der Waals surface area (Å²) in [6.45, 7) is 4.52. The van der Waals surface area contributed by atoms with Gasteiger partial charge in [-0.05, 0) is 145 Å². The summed E-state index contributed by atoms with van der Waals surface area (Å²) >= 11 is 0. The molecule has 0 spiro atoms. The minimum atomic E-state index is 0.245. The van der Waals surface area contributed by atoms with Crippen LogP contribution in [0.2, 0.25) is 0 Å². The second-order valence-corrected chi connectivity index (χ2v) is 29.5. The van der Waals surface area contributed by atoms with Gasteiger partial charge in [-0.3, -0.25) is 9.98 Å². The van der Waals surface area contributed by atoms with Crippen molar-refractivity contribution in [1.29, 1.82) is 0 Å². The first-order valence-corrected chi connectivity index (χ1v) is 39.5. The van der Waals surface area contributed by atoms with E-state index in [1.165, 1.54) is 0 Å². The summed E-state index contributed by atoms with van der Waals surface area (Å²) in [5, 5.41) is 6.70. The lowest BCUT2D eigenvalue weighted by molar-refractivity contribution is 0.318. The molecule has 10 heterocycles. The van der Waals surface area contributed by atoms with Crippen molar-refractivity contribution in [2.75, 3.05) is 27.4 Å². The van der Waals surface area contributed by atoms with Gasteiger partial charge in [-0.25, -0.2) is 59.8 Å². The summed E-state index contributed by atoms with van der Waals surface area (Å²) < 4.78 is 37.7. The van der Waals surface area contributed by atoms with Gasteiger partial charge in [0.2, 0.25) is 0 Å². The minimum Gasteiger partial charge on any atom is -0.493 e. The maximum absolute atomic E-state index is 6.76. The summed E-state index contributed by atoms with van der Waals surface area (Å²) in [5.74, 6) is 8.44. The van der Waals surface area contributed by atoms with Crippen molar-refractivity contribution in [2.45, 2.75) is 13.8 Å². The van der Waals surface area contributed by atoms with E-state index in [0.29, 0.717) is 149 Å². The van der Waals surface area contributed by atoms with Crippen molar-refractivity contribution >= 4 is 112 Å². The molecule has 0 unspecified atom stereocenters. The summed E-state index contributed by atoms with van der Waals surface area (Å²) in [5.41, 5.74) is 16.2. The molecular weight excluding hydrogens is 1530 g/mol. The van der Waals surface area contributed by atoms with Crippen molar-refractivity contribution in [3.05, 3.63) is 289 Å². The molecule has 0 saturated heterocycles. The molecule has 122 heavy (non-hydrogen) atoms. The Bertz CT molecular complexity index is 7430. The smallest absolute Gasteiger partial charge is 0.164 e. The number of aromatic amines is 4. The number of rotatable bonds is 16. The van der Waals surface area contributed by atoms with Crippen LogP contribution in [0, 0.1) is 13.8 Å². The third kappa shape index (κ3) is 13.2. The van der Waals surface area contributed by atoms with E-state index in [2.05, 4.69) is 19.9 Å². The second kappa shape index (κ2) is 29.8. The van der Waals surface area contributed by atoms with Gasteiger partial charge < -0.3 is 48.4 Å². The number of hydrogen-bond donors (Lipinski definition) is 4. The number of ether oxygens (including phenoxy) is 6. The van der Waals surface area contributed by atoms with Gasteiger partial charge in [0.05, 0.1) is 14.2 Å². The highest BCUT2D eigenvalue weighted by Crippen LogP contribution is 2.44. The molecule has 6 aromatic heterocycles. The third-order valence-corrected chi connectivity index (χ3v) is 21.7. The molecule has 0 atom stereocenters. The standard InChI is InChI=1S/C98H66N18O6/c1-53-31-39-77(121-57-35-37-71-73(49-57)97-113-93-69-29-15-13-27-67(69)89(109-93)105-85-61-21-7-5-19-59(61)83(101-85)103-87-63-23-9-11-25-65(63)91(107-87)111-95(71)115-97)75(45-53)99-51-55-33-41-79(81(47-55)117-3)119-43-17-18-44-120-80-42-34-56(48-82(80)118-4)52-100-76-46-54(2)32-40-78(76)122-58-36-38-72-74(50-58)98-114-94-70-30-16-14-28-68(70)90(110-94)106-86-62-22-8-6-20-60(62)84(102-86)104-88-64-24-10-12-26-66(64)92(108-88)112-96(72)116-98/h5-42,45-52H,43-44H2,1-4H3,(H2,101,103,105,107,109,111,113,115)(H2,102,104,106,108,110,112,114,116)/b18-17+,99-51?,100-52?. The van der Waals surface area contributed by atoms with E-state index in [1.807, 2.05) is 281 Å². The summed E-state index contributed by atoms with van der Waals surface area (Å²) in [4.78, 5) is 85.8. The Morgan fingerprint density at radius 3 is 0.828 bits per heavy atom. The molecule has 16 bridgehead atoms. The fourth-order valence-electron chi connectivity index (χ4n) is 15.7. The van der Waals surface area contributed by atoms with Gasteiger partial charge in [-0.1, -0.05) is 158 Å². The van der Waals surface area contributed by atoms with Crippen LogP contribution in [0.1, 0.15) is 22.3 Å². The molecule has 24 heteroatoms. The highest BCUT2D eigenvalue weighted by atomic mass is 16.5. The molecular formula is C98H66N18O6. The molecule has 0 aliphatic carbocycles. The first kappa shape index (κ1) is 71.8. The highest BCUT2D eigenvalue weighted by molar-refractivity contribution is 6.09. The fraction of sp³-hybridized carbons (Fsp3) is 0.0612. The van der Waals surface area contributed by atoms with Gasteiger partial charge in [0.1, 0.15) is 81.3 Å². The van der Waals surface area contributed by atoms with Crippen molar-refractivity contribution in [3.63, 3.8) is 0 Å². The molecule has 0 saturated carbocycles. The van der Waals surface area contributed by atoms with Crippen molar-refractivity contribution < 1.29 is 28.4 Å². The molecule has 22 rings (SSSR count). The maximum Gasteiger partial charge on any atom is 0.164 e. The van der Waals surface area contributed by atoms with Crippen molar-refractivity contribution in [2.24, 2.45) is 9.98 Å². The van der Waals surface area contributed by atoms with E-state index in [0.717, 1.165) is 110 Å². The monoisotopic (exact) mass is 1590 g/mol. The predicted octanol–water partition coefficient (Wildman–Crippen LogP) is 21.8. The third-order valence-electron chi connectivity index (χ3n) is 21.7. The van der Waals surface area contributed by atoms with Crippen LogP contribution >= 0.6 is 0 Å². The number of aliphatic imine (C=N–C) groups is 2. The zero-order valence-corrected chi connectivity index (χ0v) is 65.7. The van der Waals surface area contributed by atoms with Crippen LogP contribution in [0.5, 0.6) is 46.0 Å². The number of aryl methyl sites for hydroxylation is 2. The Hall–Kier alpha value is -16.8. The number of methoxy groups -OCH3 is 2. The Morgan fingerprint density at radius 2 is 0.533 bits per heavy atom. The van der Waals surface area contributed by atoms with Crippen LogP contribution in [-0.2, 0) is 0 Å². The molecule has 584 valence electrons. The van der Waals surface area contributed by atoms with Gasteiger partial charge in [-0.2, -0.15) is 0 Å². The lowest BCUT2D eigenvalue weighted by Gasteiger charge is -2.11. The summed E-state index contributed by atoms with van der Waals surface area (Å²) in [7, 11) is 3.22. The molecule has 0 amide bonds. The lowest BCUT2D eigenvalue weighted by atomic mass is 10.1. The number of nitrogens with one attached hydrogen (secondary N) is 4. The summed E-state index contributed by atoms with van der Waals surface area (Å²) in [6.07, 6.45) is 7.32. The topological polar surface area (TPSA) is 298 Å². The van der Waals surface area contributed by atoms with Crippen molar-refractivity contribution in [3.8, 4) is 137 Å². The maximum atomic E-state index is 6.76. The molecule has 4 aliphatic heterocycles. The van der Waals surface area contributed by atoms with E-state index >= 15 is 0 Å². The van der Waals surface area contributed by atoms with Gasteiger partial charge in [-0.15, -0.1) is 0 Å². The molecule has 0 fully saturated rings. The lowest BCUT2D eigenvalue weighted by Crippen LogP contribution is -2.00. The Labute approximate surface area is 693 Å². The average molecular weight is 1590 g/mol. The van der Waals surface area contributed by atoms with E-state index < -0.39 is 0 Å². The van der Waals surface area contributed by atoms with Crippen LogP contribution < -0.4 is 28.4 Å². The molecule has 18 aromatic rings. The van der Waals surface area contributed by atoms with Crippen molar-refractivity contribution in [1.82, 2.24) is 79.7 Å². The minimum absolute atomic E-state index is 0.245. The first-order chi connectivity index (χ1) is 60.1. The highest BCUT2D eigenvalue weighted by Gasteiger charge is 2.27. The number of benzene rings is 12. The van der Waals surface area contributed by atoms with Crippen LogP contribution in [-0.4, -0.2) is 120 Å². The zero-order chi connectivity index (χ0) is 81.5. The van der Waals surface area contributed by atoms with Crippen LogP contribution in [0.15, 0.2) is 277 Å². The SMILES string of the molecule is COc1cc(C=Nc2cc(C)ccc2Oc2ccc3c4nc5nc(nc6[nH]c(nc7nc(nc([nH]4)c3c2)-c2ccccc2-7)c2ccccc62)-c2ccccc2-5)ccc1OC/C=C/COc1ccc(C=Nc2cc(C)ccc2Oc2ccc3c4nc5nc(nc6[nH]c(nc7nc(nc([nH]4)c3c2)-c2ccccc2-7)c2ccccc62)-c2ccccc2-5)cc1OC. The van der Waals surface area contributed by atoms with Crippen LogP contribution in [0.3, 0.4) is 0 Å². The van der Waals surface area contributed by atoms with E-state index in [1.54, 1.807) is 26.6 Å². The number of fused-ring (bicyclic) bond motifs is 40. The largest absolute Gasteiger partial charge is 0.493 e. The Balaban J connectivity index is 0.485. The Kier molecular flexibility index (Phi) is 17.5. The quantitative estimate of drug-likeness (QED) is 0.0516. The normalized spacial score (nSPS) is 12.1. The zero-order valence-electron chi connectivity index (χ0n) is 65.7. The van der Waals surface area contributed by atoms with Gasteiger partial charge >= 0.3 is 0 Å². The predicted molar refractivity (Wildman–Crippen MR) is 475 cm³/mol. The average Bonchev–Trinajstić information content (AvgIpc) is 1.60. The number of nitrogens with zero attached hydrogens (tertiary/aromatic N) is 14. The molecule has 0 radical (unpaired) electrons. The van der Waals surface area contributed by atoms with Gasteiger partial charge in [0.25, 0.3) is 0 Å².